The van der Waals surface area contributed by atoms with Crippen LogP contribution in [0.15, 0.2) is 24.8 Å². The van der Waals surface area contributed by atoms with E-state index in [1.807, 2.05) is 11.0 Å². The van der Waals surface area contributed by atoms with Crippen LogP contribution in [0, 0.1) is 0 Å². The van der Waals surface area contributed by atoms with Crippen LogP contribution >= 0.6 is 0 Å². The largest absolute Gasteiger partial charge is 0.493 e. The van der Waals surface area contributed by atoms with Gasteiger partial charge in [-0.2, -0.15) is 0 Å². The number of aliphatic carboxylic acids is 1. The predicted octanol–water partition coefficient (Wildman–Crippen LogP) is 2.83. The van der Waals surface area contributed by atoms with E-state index in [9.17, 15) is 14.7 Å². The lowest BCUT2D eigenvalue weighted by Crippen LogP contribution is -2.43. The van der Waals surface area contributed by atoms with Crippen LogP contribution in [0.2, 0.25) is 0 Å². The molecule has 0 radical (unpaired) electrons. The zero-order chi connectivity index (χ0) is 20.1. The third kappa shape index (κ3) is 4.24. The number of hydrogen-bond acceptors (Lipinski definition) is 5. The van der Waals surface area contributed by atoms with Crippen molar-refractivity contribution in [2.75, 3.05) is 31.7 Å². The number of carboxylic acid groups (broad SMARTS) is 1. The number of amides is 1. The Balaban J connectivity index is 2.08. The number of carbonyl (C=O) groups excluding carboxylic acids is 1. The first-order valence-electron chi connectivity index (χ1n) is 9.75. The molecule has 1 aliphatic carbocycles. The lowest BCUT2D eigenvalue weighted by atomic mass is 10.0. The van der Waals surface area contributed by atoms with Gasteiger partial charge in [0.1, 0.15) is 13.2 Å². The van der Waals surface area contributed by atoms with E-state index in [1.165, 1.54) is 0 Å². The summed E-state index contributed by atoms with van der Waals surface area (Å²) in [5, 5.41) is 9.35. The lowest BCUT2D eigenvalue weighted by molar-refractivity contribution is -0.136. The van der Waals surface area contributed by atoms with E-state index in [1.54, 1.807) is 24.2 Å². The second kappa shape index (κ2) is 8.99. The Morgan fingerprint density at radius 3 is 2.75 bits per heavy atom. The maximum absolute atomic E-state index is 12.9. The average Bonchev–Trinajstić information content (AvgIpc) is 3.20. The fourth-order valence-corrected chi connectivity index (χ4v) is 4.14. The highest BCUT2D eigenvalue weighted by Crippen LogP contribution is 2.41. The molecule has 1 amide bonds. The summed E-state index contributed by atoms with van der Waals surface area (Å²) in [4.78, 5) is 28.0. The third-order valence-corrected chi connectivity index (χ3v) is 5.44. The van der Waals surface area contributed by atoms with Crippen molar-refractivity contribution in [1.82, 2.24) is 4.90 Å². The van der Waals surface area contributed by atoms with E-state index in [-0.39, 0.29) is 18.5 Å². The molecule has 0 spiro atoms. The highest BCUT2D eigenvalue weighted by atomic mass is 16.5. The molecule has 1 saturated carbocycles. The van der Waals surface area contributed by atoms with Crippen molar-refractivity contribution in [3.63, 3.8) is 0 Å². The lowest BCUT2D eigenvalue weighted by Gasteiger charge is -2.36. The summed E-state index contributed by atoms with van der Waals surface area (Å²) >= 11 is 0. The quantitative estimate of drug-likeness (QED) is 0.724. The first-order chi connectivity index (χ1) is 13.5. The van der Waals surface area contributed by atoms with Gasteiger partial charge in [0, 0.05) is 30.3 Å². The van der Waals surface area contributed by atoms with Gasteiger partial charge in [0.05, 0.1) is 13.7 Å². The topological polar surface area (TPSA) is 79.3 Å². The minimum absolute atomic E-state index is 0.0606. The van der Waals surface area contributed by atoms with Crippen molar-refractivity contribution < 1.29 is 24.2 Å². The Bertz CT molecular complexity index is 743. The second-order valence-electron chi connectivity index (χ2n) is 7.22. The van der Waals surface area contributed by atoms with Crippen molar-refractivity contribution in [2.24, 2.45) is 0 Å². The Morgan fingerprint density at radius 2 is 2.11 bits per heavy atom. The van der Waals surface area contributed by atoms with Crippen LogP contribution in [0.25, 0.3) is 0 Å². The molecule has 2 aliphatic rings. The number of methoxy groups -OCH3 is 1. The summed E-state index contributed by atoms with van der Waals surface area (Å²) in [6.45, 7) is 4.57. The van der Waals surface area contributed by atoms with Crippen LogP contribution in [0.1, 0.15) is 37.7 Å². The highest BCUT2D eigenvalue weighted by Gasteiger charge is 2.32. The Labute approximate surface area is 165 Å². The molecule has 1 aliphatic heterocycles. The highest BCUT2D eigenvalue weighted by molar-refractivity contribution is 5.81. The van der Waals surface area contributed by atoms with Crippen molar-refractivity contribution in [2.45, 2.75) is 44.7 Å². The number of carbonyl (C=O) groups is 2. The third-order valence-electron chi connectivity index (χ3n) is 5.44. The van der Waals surface area contributed by atoms with E-state index < -0.39 is 5.97 Å². The molecule has 1 N–H and O–H groups in total. The van der Waals surface area contributed by atoms with Crippen molar-refractivity contribution in [1.29, 1.82) is 0 Å². The molecule has 3 rings (SSSR count). The standard InChI is InChI=1S/C21H28N2O5/c1-3-12-28-21-16-13-23(15-6-4-5-7-15)19(24)10-11-22(14-20(25)26)17(16)8-9-18(21)27-2/h3,8-9,15H,1,4-7,10-14H2,2H3,(H,25,26). The first-order valence-corrected chi connectivity index (χ1v) is 9.75. The molecule has 1 aromatic rings. The van der Waals surface area contributed by atoms with Crippen molar-refractivity contribution >= 4 is 17.6 Å². The SMILES string of the molecule is C=CCOc1c(OC)ccc2c1CN(C1CCCC1)C(=O)CCN2CC(=O)O. The molecule has 0 unspecified atom stereocenters. The molecule has 0 saturated heterocycles. The molecule has 0 bridgehead atoms. The van der Waals surface area contributed by atoms with Gasteiger partial charge in [-0.25, -0.2) is 0 Å². The van der Waals surface area contributed by atoms with Gasteiger partial charge >= 0.3 is 5.97 Å². The molecule has 152 valence electrons. The van der Waals surface area contributed by atoms with E-state index >= 15 is 0 Å². The molecule has 7 nitrogen and oxygen atoms in total. The molecule has 1 fully saturated rings. The predicted molar refractivity (Wildman–Crippen MR) is 106 cm³/mol. The number of nitrogens with zero attached hydrogens (tertiary/aromatic N) is 2. The minimum atomic E-state index is -0.934. The number of fused-ring (bicyclic) bond motifs is 1. The van der Waals surface area contributed by atoms with Crippen molar-refractivity contribution in [3.05, 3.63) is 30.4 Å². The zero-order valence-electron chi connectivity index (χ0n) is 16.4. The van der Waals surface area contributed by atoms with Crippen molar-refractivity contribution in [3.8, 4) is 11.5 Å². The Morgan fingerprint density at radius 1 is 1.36 bits per heavy atom. The fraction of sp³-hybridized carbons (Fsp3) is 0.524. The Kier molecular flexibility index (Phi) is 6.44. The average molecular weight is 388 g/mol. The van der Waals surface area contributed by atoms with E-state index in [0.29, 0.717) is 37.6 Å². The zero-order valence-corrected chi connectivity index (χ0v) is 16.4. The summed E-state index contributed by atoms with van der Waals surface area (Å²) in [5.74, 6) is 0.240. The molecular formula is C21H28N2O5. The van der Waals surface area contributed by atoms with Gasteiger partial charge in [0.25, 0.3) is 0 Å². The van der Waals surface area contributed by atoms with E-state index in [4.69, 9.17) is 9.47 Å². The number of ether oxygens (including phenoxy) is 2. The Hall–Kier alpha value is -2.70. The molecule has 1 heterocycles. The van der Waals surface area contributed by atoms with Gasteiger partial charge in [0.2, 0.25) is 5.91 Å². The molecule has 0 aromatic heterocycles. The summed E-state index contributed by atoms with van der Waals surface area (Å²) in [7, 11) is 1.57. The second-order valence-corrected chi connectivity index (χ2v) is 7.22. The van der Waals surface area contributed by atoms with Crippen LogP contribution in [-0.2, 0) is 16.1 Å². The summed E-state index contributed by atoms with van der Waals surface area (Å²) in [6, 6.07) is 3.88. The van der Waals surface area contributed by atoms with Crippen LogP contribution in [-0.4, -0.2) is 54.7 Å². The normalized spacial score (nSPS) is 17.7. The molecule has 28 heavy (non-hydrogen) atoms. The monoisotopic (exact) mass is 388 g/mol. The maximum Gasteiger partial charge on any atom is 0.323 e. The minimum Gasteiger partial charge on any atom is -0.493 e. The van der Waals surface area contributed by atoms with E-state index in [2.05, 4.69) is 6.58 Å². The van der Waals surface area contributed by atoms with Crippen LogP contribution < -0.4 is 14.4 Å². The number of rotatable bonds is 7. The van der Waals surface area contributed by atoms with Gasteiger partial charge in [0.15, 0.2) is 11.5 Å². The smallest absolute Gasteiger partial charge is 0.323 e. The fourth-order valence-electron chi connectivity index (χ4n) is 4.14. The maximum atomic E-state index is 12.9. The summed E-state index contributed by atoms with van der Waals surface area (Å²) in [5.41, 5.74) is 1.57. The summed E-state index contributed by atoms with van der Waals surface area (Å²) in [6.07, 6.45) is 6.23. The molecular weight excluding hydrogens is 360 g/mol. The van der Waals surface area contributed by atoms with Gasteiger partial charge in [-0.1, -0.05) is 25.5 Å². The number of carboxylic acids is 1. The summed E-state index contributed by atoms with van der Waals surface area (Å²) < 4.78 is 11.4. The van der Waals surface area contributed by atoms with Gasteiger partial charge < -0.3 is 24.4 Å². The van der Waals surface area contributed by atoms with Crippen LogP contribution in [0.5, 0.6) is 11.5 Å². The molecule has 7 heteroatoms. The number of hydrogen-bond donors (Lipinski definition) is 1. The van der Waals surface area contributed by atoms with Gasteiger partial charge in [-0.05, 0) is 25.0 Å². The number of anilines is 1. The van der Waals surface area contributed by atoms with Gasteiger partial charge in [-0.15, -0.1) is 0 Å². The van der Waals surface area contributed by atoms with Gasteiger partial charge in [-0.3, -0.25) is 9.59 Å². The van der Waals surface area contributed by atoms with E-state index in [0.717, 1.165) is 36.9 Å². The molecule has 1 aromatic carbocycles. The molecule has 0 atom stereocenters. The van der Waals surface area contributed by atoms with Crippen LogP contribution in [0.4, 0.5) is 5.69 Å². The first kappa shape index (κ1) is 20.0. The number of benzene rings is 1. The van der Waals surface area contributed by atoms with Crippen LogP contribution in [0.3, 0.4) is 0 Å².